The summed E-state index contributed by atoms with van der Waals surface area (Å²) in [5.41, 5.74) is 7.86. The number of hydrogen-bond acceptors (Lipinski definition) is 5. The van der Waals surface area contributed by atoms with E-state index in [9.17, 15) is 4.79 Å². The molecule has 0 radical (unpaired) electrons. The van der Waals surface area contributed by atoms with Crippen LogP contribution in [0, 0.1) is 0 Å². The summed E-state index contributed by atoms with van der Waals surface area (Å²) in [5, 5.41) is 2.00. The Morgan fingerprint density at radius 3 is 2.88 bits per heavy atom. The summed E-state index contributed by atoms with van der Waals surface area (Å²) in [5.74, 6) is 6.37. The number of hydrazine groups is 1. The lowest BCUT2D eigenvalue weighted by molar-refractivity contribution is 0.0704. The smallest absolute Gasteiger partial charge is 0.255 e. The number of carbonyl (C=O) groups excluding carboxylic acids is 1. The van der Waals surface area contributed by atoms with Crippen molar-refractivity contribution in [1.82, 2.24) is 14.9 Å². The molecule has 0 spiro atoms. The molecule has 0 saturated heterocycles. The molecule has 5 N–H and O–H groups in total. The Labute approximate surface area is 155 Å². The van der Waals surface area contributed by atoms with Crippen molar-refractivity contribution in [3.05, 3.63) is 57.6 Å². The Kier molecular flexibility index (Phi) is 4.89. The molecule has 1 aromatic carbocycles. The number of rotatable bonds is 3. The van der Waals surface area contributed by atoms with Crippen molar-refractivity contribution in [1.29, 1.82) is 0 Å². The molecule has 2 heterocycles. The van der Waals surface area contributed by atoms with E-state index in [1.807, 2.05) is 6.92 Å². The van der Waals surface area contributed by atoms with Gasteiger partial charge in [-0.05, 0) is 19.1 Å². The van der Waals surface area contributed by atoms with Gasteiger partial charge in [-0.25, -0.2) is 10.8 Å². The van der Waals surface area contributed by atoms with Crippen LogP contribution in [0.5, 0.6) is 0 Å². The number of hydrogen-bond donors (Lipinski definition) is 3. The number of carbonyl (C=O) groups is 1. The van der Waals surface area contributed by atoms with Gasteiger partial charge in [-0.1, -0.05) is 29.3 Å². The van der Waals surface area contributed by atoms with Gasteiger partial charge >= 0.3 is 0 Å². The maximum Gasteiger partial charge on any atom is 0.255 e. The van der Waals surface area contributed by atoms with Crippen LogP contribution < -0.4 is 16.6 Å². The third-order valence-corrected chi connectivity index (χ3v) is 5.10. The van der Waals surface area contributed by atoms with E-state index < -0.39 is 0 Å². The number of benzene rings is 1. The third-order valence-electron chi connectivity index (χ3n) is 4.29. The summed E-state index contributed by atoms with van der Waals surface area (Å²) in [6.07, 6.45) is 3.78. The fourth-order valence-corrected chi connectivity index (χ4v) is 3.23. The van der Waals surface area contributed by atoms with Gasteiger partial charge in [0.05, 0.1) is 33.0 Å². The second-order valence-corrected chi connectivity index (χ2v) is 6.50. The molecule has 0 saturated carbocycles. The minimum absolute atomic E-state index is 0.219. The summed E-state index contributed by atoms with van der Waals surface area (Å²) in [7, 11) is 0. The van der Waals surface area contributed by atoms with E-state index in [1.54, 1.807) is 35.5 Å². The molecule has 3 rings (SSSR count). The Morgan fingerprint density at radius 2 is 2.20 bits per heavy atom. The van der Waals surface area contributed by atoms with Gasteiger partial charge in [-0.3, -0.25) is 9.80 Å². The first-order valence-corrected chi connectivity index (χ1v) is 8.45. The summed E-state index contributed by atoms with van der Waals surface area (Å²) in [6, 6.07) is 4.64. The topological polar surface area (TPSA) is 104 Å². The van der Waals surface area contributed by atoms with Crippen molar-refractivity contribution in [3.63, 3.8) is 0 Å². The van der Waals surface area contributed by atoms with E-state index >= 15 is 0 Å². The first-order chi connectivity index (χ1) is 11.9. The molecule has 7 nitrogen and oxygen atoms in total. The van der Waals surface area contributed by atoms with E-state index in [-0.39, 0.29) is 17.0 Å². The van der Waals surface area contributed by atoms with Gasteiger partial charge in [0, 0.05) is 25.4 Å². The molecule has 1 unspecified atom stereocenters. The summed E-state index contributed by atoms with van der Waals surface area (Å²) in [4.78, 5) is 21.6. The van der Waals surface area contributed by atoms with E-state index in [2.05, 4.69) is 9.97 Å². The lowest BCUT2D eigenvalue weighted by Crippen LogP contribution is -2.49. The van der Waals surface area contributed by atoms with Crippen LogP contribution in [-0.2, 0) is 0 Å². The number of amides is 1. The molecule has 25 heavy (non-hydrogen) atoms. The van der Waals surface area contributed by atoms with Crippen molar-refractivity contribution in [2.45, 2.75) is 19.4 Å². The van der Waals surface area contributed by atoms with Crippen LogP contribution in [0.2, 0.25) is 10.0 Å². The molecule has 132 valence electrons. The zero-order valence-corrected chi connectivity index (χ0v) is 15.1. The zero-order valence-electron chi connectivity index (χ0n) is 13.5. The molecular weight excluding hydrogens is 363 g/mol. The number of anilines is 1. The normalized spacial score (nSPS) is 17.8. The maximum atomic E-state index is 12.9. The molecule has 1 atom stereocenters. The summed E-state index contributed by atoms with van der Waals surface area (Å²) >= 11 is 12.2. The third kappa shape index (κ3) is 3.18. The second-order valence-electron chi connectivity index (χ2n) is 5.71. The van der Waals surface area contributed by atoms with Crippen molar-refractivity contribution in [3.8, 4) is 0 Å². The van der Waals surface area contributed by atoms with E-state index in [0.29, 0.717) is 35.2 Å². The SMILES string of the molecule is CC1C(N)=C(N(N)c2ncc[nH]2)CCN1C(=O)c1cccc(Cl)c1Cl. The van der Waals surface area contributed by atoms with Gasteiger partial charge in [0.2, 0.25) is 5.95 Å². The highest BCUT2D eigenvalue weighted by molar-refractivity contribution is 6.43. The molecule has 1 amide bonds. The standard InChI is InChI=1S/C16H18Cl2N6O/c1-9-14(19)12(24(20)16-21-6-7-22-16)5-8-23(9)15(25)10-3-2-4-11(17)13(10)18/h2-4,6-7,9H,5,8,19-20H2,1H3,(H,21,22). The van der Waals surface area contributed by atoms with Crippen LogP contribution in [0.1, 0.15) is 23.7 Å². The number of halogens is 2. The molecule has 0 fully saturated rings. The van der Waals surface area contributed by atoms with Crippen LogP contribution in [0.15, 0.2) is 42.0 Å². The van der Waals surface area contributed by atoms with Crippen LogP contribution in [-0.4, -0.2) is 33.4 Å². The monoisotopic (exact) mass is 380 g/mol. The van der Waals surface area contributed by atoms with Crippen molar-refractivity contribution < 1.29 is 4.79 Å². The lowest BCUT2D eigenvalue weighted by Gasteiger charge is -2.37. The fourth-order valence-electron chi connectivity index (χ4n) is 2.85. The predicted octanol–water partition coefficient (Wildman–Crippen LogP) is 2.50. The summed E-state index contributed by atoms with van der Waals surface area (Å²) < 4.78 is 0. The molecule has 0 bridgehead atoms. The van der Waals surface area contributed by atoms with Crippen LogP contribution >= 0.6 is 23.2 Å². The second kappa shape index (κ2) is 6.95. The molecular formula is C16H18Cl2N6O. The highest BCUT2D eigenvalue weighted by Crippen LogP contribution is 2.30. The van der Waals surface area contributed by atoms with Gasteiger partial charge in [-0.15, -0.1) is 0 Å². The molecule has 1 aliphatic rings. The van der Waals surface area contributed by atoms with Crippen molar-refractivity contribution >= 4 is 35.1 Å². The molecule has 9 heteroatoms. The number of aromatic amines is 1. The Bertz CT molecular complexity index is 820. The number of nitrogens with zero attached hydrogens (tertiary/aromatic N) is 3. The van der Waals surface area contributed by atoms with Gasteiger partial charge < -0.3 is 15.6 Å². The predicted molar refractivity (Wildman–Crippen MR) is 98.0 cm³/mol. The quantitative estimate of drug-likeness (QED) is 0.560. The molecule has 1 aliphatic heterocycles. The Morgan fingerprint density at radius 1 is 1.44 bits per heavy atom. The van der Waals surface area contributed by atoms with Crippen LogP contribution in [0.25, 0.3) is 0 Å². The Hall–Kier alpha value is -2.22. The number of nitrogens with one attached hydrogen (secondary N) is 1. The average Bonchev–Trinajstić information content (AvgIpc) is 3.13. The Balaban J connectivity index is 1.87. The average molecular weight is 381 g/mol. The molecule has 0 aliphatic carbocycles. The minimum atomic E-state index is -0.340. The number of nitrogens with two attached hydrogens (primary N) is 2. The first-order valence-electron chi connectivity index (χ1n) is 7.69. The lowest BCUT2D eigenvalue weighted by atomic mass is 10.0. The van der Waals surface area contributed by atoms with Crippen molar-refractivity contribution in [2.75, 3.05) is 11.6 Å². The zero-order chi connectivity index (χ0) is 18.1. The van der Waals surface area contributed by atoms with E-state index in [1.165, 1.54) is 5.01 Å². The maximum absolute atomic E-state index is 12.9. The largest absolute Gasteiger partial charge is 0.399 e. The van der Waals surface area contributed by atoms with E-state index in [0.717, 1.165) is 5.70 Å². The molecule has 1 aromatic heterocycles. The first kappa shape index (κ1) is 17.6. The molecule has 2 aromatic rings. The number of imidazole rings is 1. The summed E-state index contributed by atoms with van der Waals surface area (Å²) in [6.45, 7) is 2.30. The van der Waals surface area contributed by atoms with Gasteiger partial charge in [0.15, 0.2) is 0 Å². The highest BCUT2D eigenvalue weighted by Gasteiger charge is 2.32. The highest BCUT2D eigenvalue weighted by atomic mass is 35.5. The van der Waals surface area contributed by atoms with Crippen LogP contribution in [0.4, 0.5) is 5.95 Å². The van der Waals surface area contributed by atoms with Gasteiger partial charge in [0.25, 0.3) is 5.91 Å². The van der Waals surface area contributed by atoms with E-state index in [4.69, 9.17) is 34.8 Å². The van der Waals surface area contributed by atoms with Crippen molar-refractivity contribution in [2.24, 2.45) is 11.6 Å². The number of H-pyrrole nitrogens is 1. The fraction of sp³-hybridized carbons (Fsp3) is 0.250. The van der Waals surface area contributed by atoms with Gasteiger partial charge in [0.1, 0.15) is 0 Å². The number of aromatic nitrogens is 2. The van der Waals surface area contributed by atoms with Crippen LogP contribution in [0.3, 0.4) is 0 Å². The minimum Gasteiger partial charge on any atom is -0.399 e. The van der Waals surface area contributed by atoms with Gasteiger partial charge in [-0.2, -0.15) is 0 Å².